The molecule has 2 aromatic rings. The molecular weight excluding hydrogens is 236 g/mol. The van der Waals surface area contributed by atoms with Crippen molar-refractivity contribution in [1.29, 1.82) is 0 Å². The van der Waals surface area contributed by atoms with Crippen LogP contribution in [0.2, 0.25) is 0 Å². The largest absolute Gasteiger partial charge is 0.330 e. The van der Waals surface area contributed by atoms with Crippen molar-refractivity contribution in [2.45, 2.75) is 13.0 Å². The van der Waals surface area contributed by atoms with Gasteiger partial charge in [-0.05, 0) is 43.6 Å². The molecule has 0 amide bonds. The van der Waals surface area contributed by atoms with Gasteiger partial charge in [-0.25, -0.2) is 4.68 Å². The van der Waals surface area contributed by atoms with E-state index in [9.17, 15) is 0 Å². The number of benzene rings is 1. The average molecular weight is 256 g/mol. The van der Waals surface area contributed by atoms with Crippen LogP contribution in [-0.4, -0.2) is 34.3 Å². The molecule has 0 saturated carbocycles. The number of aromatic nitrogens is 2. The van der Waals surface area contributed by atoms with Gasteiger partial charge in [0.05, 0.1) is 11.4 Å². The molecule has 2 N–H and O–H groups in total. The zero-order valence-electron chi connectivity index (χ0n) is 11.1. The Morgan fingerprint density at radius 1 is 1.21 bits per heavy atom. The van der Waals surface area contributed by atoms with E-state index >= 15 is 0 Å². The fourth-order valence-corrected chi connectivity index (χ4v) is 2.65. The van der Waals surface area contributed by atoms with Gasteiger partial charge in [0, 0.05) is 19.3 Å². The van der Waals surface area contributed by atoms with Gasteiger partial charge in [0.15, 0.2) is 0 Å². The summed E-state index contributed by atoms with van der Waals surface area (Å²) in [7, 11) is 0. The molecule has 4 nitrogen and oxygen atoms in total. The van der Waals surface area contributed by atoms with Crippen LogP contribution in [-0.2, 0) is 6.54 Å². The Morgan fingerprint density at radius 3 is 2.79 bits per heavy atom. The Hall–Kier alpha value is -1.65. The van der Waals surface area contributed by atoms with Gasteiger partial charge in [-0.1, -0.05) is 18.2 Å². The van der Waals surface area contributed by atoms with Crippen molar-refractivity contribution in [3.8, 4) is 5.69 Å². The molecule has 1 unspecified atom stereocenters. The molecule has 100 valence electrons. The van der Waals surface area contributed by atoms with Gasteiger partial charge in [-0.3, -0.25) is 4.90 Å². The Morgan fingerprint density at radius 2 is 2.05 bits per heavy atom. The normalized spacial score (nSPS) is 19.9. The lowest BCUT2D eigenvalue weighted by Gasteiger charge is -2.13. The number of likely N-dealkylation sites (tertiary alicyclic amines) is 1. The summed E-state index contributed by atoms with van der Waals surface area (Å²) in [4.78, 5) is 2.44. The number of nitrogens with zero attached hydrogens (tertiary/aromatic N) is 3. The number of hydrogen-bond acceptors (Lipinski definition) is 3. The molecule has 0 radical (unpaired) electrons. The van der Waals surface area contributed by atoms with Crippen molar-refractivity contribution in [2.75, 3.05) is 19.6 Å². The summed E-state index contributed by atoms with van der Waals surface area (Å²) >= 11 is 0. The minimum Gasteiger partial charge on any atom is -0.330 e. The third-order valence-electron chi connectivity index (χ3n) is 3.75. The van der Waals surface area contributed by atoms with E-state index in [1.165, 1.54) is 6.42 Å². The summed E-state index contributed by atoms with van der Waals surface area (Å²) in [6, 6.07) is 12.3. The van der Waals surface area contributed by atoms with Crippen LogP contribution < -0.4 is 5.73 Å². The maximum Gasteiger partial charge on any atom is 0.0769 e. The van der Waals surface area contributed by atoms with Crippen molar-refractivity contribution >= 4 is 0 Å². The van der Waals surface area contributed by atoms with Crippen molar-refractivity contribution in [2.24, 2.45) is 11.7 Å². The van der Waals surface area contributed by atoms with Crippen LogP contribution in [0.5, 0.6) is 0 Å². The third-order valence-corrected chi connectivity index (χ3v) is 3.75. The minimum absolute atomic E-state index is 0.663. The summed E-state index contributed by atoms with van der Waals surface area (Å²) in [6.07, 6.45) is 3.25. The van der Waals surface area contributed by atoms with Crippen molar-refractivity contribution in [3.05, 3.63) is 48.3 Å². The van der Waals surface area contributed by atoms with Gasteiger partial charge in [-0.15, -0.1) is 0 Å². The monoisotopic (exact) mass is 256 g/mol. The van der Waals surface area contributed by atoms with Crippen molar-refractivity contribution < 1.29 is 0 Å². The van der Waals surface area contributed by atoms with Gasteiger partial charge >= 0.3 is 0 Å². The zero-order chi connectivity index (χ0) is 13.1. The van der Waals surface area contributed by atoms with E-state index in [1.54, 1.807) is 0 Å². The number of para-hydroxylation sites is 1. The fraction of sp³-hybridized carbons (Fsp3) is 0.400. The number of hydrogen-bond donors (Lipinski definition) is 1. The summed E-state index contributed by atoms with van der Waals surface area (Å²) in [5.74, 6) is 0.663. The first-order chi connectivity index (χ1) is 9.35. The highest BCUT2D eigenvalue weighted by molar-refractivity contribution is 5.30. The lowest BCUT2D eigenvalue weighted by atomic mass is 10.1. The van der Waals surface area contributed by atoms with Crippen LogP contribution in [0.15, 0.2) is 42.6 Å². The molecule has 2 heterocycles. The van der Waals surface area contributed by atoms with E-state index in [0.29, 0.717) is 5.92 Å². The van der Waals surface area contributed by atoms with Gasteiger partial charge < -0.3 is 5.73 Å². The molecule has 0 spiro atoms. The molecule has 3 rings (SSSR count). The molecule has 0 bridgehead atoms. The maximum absolute atomic E-state index is 5.72. The van der Waals surface area contributed by atoms with Crippen LogP contribution in [0.3, 0.4) is 0 Å². The summed E-state index contributed by atoms with van der Waals surface area (Å²) in [5.41, 5.74) is 7.96. The second-order valence-corrected chi connectivity index (χ2v) is 5.21. The van der Waals surface area contributed by atoms with Gasteiger partial charge in [0.2, 0.25) is 0 Å². The molecule has 1 aliphatic heterocycles. The second-order valence-electron chi connectivity index (χ2n) is 5.21. The zero-order valence-corrected chi connectivity index (χ0v) is 11.1. The SMILES string of the molecule is NCC1CCN(Cc2ccn(-c3ccccc3)n2)C1. The van der Waals surface area contributed by atoms with Crippen LogP contribution in [0.1, 0.15) is 12.1 Å². The molecule has 4 heteroatoms. The third kappa shape index (κ3) is 2.85. The Balaban J connectivity index is 1.66. The van der Waals surface area contributed by atoms with E-state index in [1.807, 2.05) is 29.1 Å². The van der Waals surface area contributed by atoms with Gasteiger partial charge in [-0.2, -0.15) is 5.10 Å². The minimum atomic E-state index is 0.663. The highest BCUT2D eigenvalue weighted by atomic mass is 15.3. The van der Waals surface area contributed by atoms with Gasteiger partial charge in [0.1, 0.15) is 0 Å². The molecule has 1 aromatic heterocycles. The Labute approximate surface area is 113 Å². The summed E-state index contributed by atoms with van der Waals surface area (Å²) in [5, 5.41) is 4.64. The first-order valence-corrected chi connectivity index (χ1v) is 6.87. The predicted molar refractivity (Wildman–Crippen MR) is 76.0 cm³/mol. The van der Waals surface area contributed by atoms with E-state index in [4.69, 9.17) is 5.73 Å². The molecule has 19 heavy (non-hydrogen) atoms. The smallest absolute Gasteiger partial charge is 0.0769 e. The number of nitrogens with two attached hydrogens (primary N) is 1. The Bertz CT molecular complexity index is 520. The summed E-state index contributed by atoms with van der Waals surface area (Å²) < 4.78 is 1.94. The fourth-order valence-electron chi connectivity index (χ4n) is 2.65. The molecule has 0 aliphatic carbocycles. The Kier molecular flexibility index (Phi) is 3.62. The molecule has 1 aliphatic rings. The first kappa shape index (κ1) is 12.4. The van der Waals surface area contributed by atoms with Crippen molar-refractivity contribution in [1.82, 2.24) is 14.7 Å². The molecule has 1 fully saturated rings. The summed E-state index contributed by atoms with van der Waals surface area (Å²) in [6.45, 7) is 3.97. The lowest BCUT2D eigenvalue weighted by molar-refractivity contribution is 0.313. The van der Waals surface area contributed by atoms with Gasteiger partial charge in [0.25, 0.3) is 0 Å². The van der Waals surface area contributed by atoms with E-state index in [0.717, 1.165) is 37.6 Å². The maximum atomic E-state index is 5.72. The standard InChI is InChI=1S/C15H20N4/c16-10-13-6-8-18(11-13)12-14-7-9-19(17-14)15-4-2-1-3-5-15/h1-5,7,9,13H,6,8,10-12,16H2. The van der Waals surface area contributed by atoms with Crippen LogP contribution in [0, 0.1) is 5.92 Å². The van der Waals surface area contributed by atoms with Crippen molar-refractivity contribution in [3.63, 3.8) is 0 Å². The topological polar surface area (TPSA) is 47.1 Å². The quantitative estimate of drug-likeness (QED) is 0.905. The molecular formula is C15H20N4. The highest BCUT2D eigenvalue weighted by Crippen LogP contribution is 2.17. The van der Waals surface area contributed by atoms with Crippen LogP contribution in [0.4, 0.5) is 0 Å². The molecule has 1 aromatic carbocycles. The number of rotatable bonds is 4. The van der Waals surface area contributed by atoms with Crippen LogP contribution >= 0.6 is 0 Å². The second kappa shape index (κ2) is 5.55. The van der Waals surface area contributed by atoms with E-state index in [2.05, 4.69) is 28.2 Å². The van der Waals surface area contributed by atoms with Crippen LogP contribution in [0.25, 0.3) is 5.69 Å². The highest BCUT2D eigenvalue weighted by Gasteiger charge is 2.21. The predicted octanol–water partition coefficient (Wildman–Crippen LogP) is 1.65. The average Bonchev–Trinajstić information content (AvgIpc) is 3.09. The van der Waals surface area contributed by atoms with E-state index < -0.39 is 0 Å². The molecule has 1 saturated heterocycles. The lowest BCUT2D eigenvalue weighted by Crippen LogP contribution is -2.23. The first-order valence-electron chi connectivity index (χ1n) is 6.87. The molecule has 1 atom stereocenters. The van der Waals surface area contributed by atoms with E-state index in [-0.39, 0.29) is 0 Å².